The van der Waals surface area contributed by atoms with Crippen LogP contribution in [0.25, 0.3) is 0 Å². The van der Waals surface area contributed by atoms with Gasteiger partial charge in [0.05, 0.1) is 11.8 Å². The zero-order valence-electron chi connectivity index (χ0n) is 20.4. The highest BCUT2D eigenvalue weighted by molar-refractivity contribution is 7.99. The first kappa shape index (κ1) is 24.6. The summed E-state index contributed by atoms with van der Waals surface area (Å²) in [4.78, 5) is 25.5. The highest BCUT2D eigenvalue weighted by Crippen LogP contribution is 2.33. The van der Waals surface area contributed by atoms with Gasteiger partial charge in [-0.2, -0.15) is 0 Å². The minimum Gasteiger partial charge on any atom is -0.454 e. The number of aromatic nitrogens is 3. The van der Waals surface area contributed by atoms with Crippen LogP contribution >= 0.6 is 11.8 Å². The molecule has 2 aromatic carbocycles. The van der Waals surface area contributed by atoms with E-state index in [1.165, 1.54) is 11.8 Å². The number of amides is 2. The largest absolute Gasteiger partial charge is 0.454 e. The van der Waals surface area contributed by atoms with E-state index in [0.717, 1.165) is 16.8 Å². The van der Waals surface area contributed by atoms with Crippen molar-refractivity contribution in [2.45, 2.75) is 38.9 Å². The molecule has 3 aromatic rings. The average Bonchev–Trinajstić information content (AvgIpc) is 3.44. The summed E-state index contributed by atoms with van der Waals surface area (Å²) in [6.07, 6.45) is 0. The molecule has 2 heterocycles. The number of rotatable bonds is 8. The fourth-order valence-corrected chi connectivity index (χ4v) is 4.42. The summed E-state index contributed by atoms with van der Waals surface area (Å²) in [6.45, 7) is 8.10. The SMILES string of the molecule is Cc1ccc(C)c(NC(=O)CSc2nnc([C@@H](NC(=O)c3ccc4c(c3)OCO4)C(C)C)n2C)c1. The second kappa shape index (κ2) is 10.4. The van der Waals surface area contributed by atoms with E-state index in [4.69, 9.17) is 9.47 Å². The minimum absolute atomic E-state index is 0.0568. The highest BCUT2D eigenvalue weighted by Gasteiger charge is 2.26. The minimum atomic E-state index is -0.372. The predicted octanol–water partition coefficient (Wildman–Crippen LogP) is 4.02. The molecule has 0 saturated carbocycles. The summed E-state index contributed by atoms with van der Waals surface area (Å²) in [6, 6.07) is 10.7. The van der Waals surface area contributed by atoms with Crippen molar-refractivity contribution in [3.8, 4) is 11.5 Å². The number of hydrogen-bond acceptors (Lipinski definition) is 7. The van der Waals surface area contributed by atoms with Crippen molar-refractivity contribution in [2.75, 3.05) is 17.9 Å². The highest BCUT2D eigenvalue weighted by atomic mass is 32.2. The molecule has 1 aromatic heterocycles. The number of fused-ring (bicyclic) bond motifs is 1. The molecule has 184 valence electrons. The number of nitrogens with zero attached hydrogens (tertiary/aromatic N) is 3. The van der Waals surface area contributed by atoms with Crippen molar-refractivity contribution in [3.63, 3.8) is 0 Å². The van der Waals surface area contributed by atoms with E-state index in [0.29, 0.717) is 28.0 Å². The van der Waals surface area contributed by atoms with Crippen molar-refractivity contribution >= 4 is 29.3 Å². The molecule has 1 aliphatic heterocycles. The molecular formula is C25H29N5O4S. The van der Waals surface area contributed by atoms with Crippen molar-refractivity contribution in [1.29, 1.82) is 0 Å². The number of benzene rings is 2. The van der Waals surface area contributed by atoms with E-state index in [1.54, 1.807) is 18.2 Å². The van der Waals surface area contributed by atoms with E-state index >= 15 is 0 Å². The first-order valence-electron chi connectivity index (χ1n) is 11.3. The summed E-state index contributed by atoms with van der Waals surface area (Å²) < 4.78 is 12.5. The van der Waals surface area contributed by atoms with E-state index in [-0.39, 0.29) is 36.3 Å². The molecule has 0 saturated heterocycles. The van der Waals surface area contributed by atoms with Crippen molar-refractivity contribution < 1.29 is 19.1 Å². The Hall–Kier alpha value is -3.53. The van der Waals surface area contributed by atoms with Crippen molar-refractivity contribution in [2.24, 2.45) is 13.0 Å². The van der Waals surface area contributed by atoms with Crippen LogP contribution in [-0.4, -0.2) is 39.1 Å². The fourth-order valence-electron chi connectivity index (χ4n) is 3.70. The topological polar surface area (TPSA) is 107 Å². The molecule has 1 aliphatic rings. The Morgan fingerprint density at radius 1 is 1.09 bits per heavy atom. The van der Waals surface area contributed by atoms with E-state index in [2.05, 4.69) is 20.8 Å². The standard InChI is InChI=1S/C25H29N5O4S/c1-14(2)22(27-24(32)17-8-9-19-20(11-17)34-13-33-19)23-28-29-25(30(23)5)35-12-21(31)26-18-10-15(3)6-7-16(18)4/h6-11,14,22H,12-13H2,1-5H3,(H,26,31)(H,27,32)/t22-/m0/s1. The number of carbonyl (C=O) groups excluding carboxylic acids is 2. The van der Waals surface area contributed by atoms with E-state index in [1.807, 2.05) is 57.5 Å². The molecule has 4 rings (SSSR count). The van der Waals surface area contributed by atoms with Crippen LogP contribution in [-0.2, 0) is 11.8 Å². The number of carbonyl (C=O) groups is 2. The first-order valence-corrected chi connectivity index (χ1v) is 12.3. The molecular weight excluding hydrogens is 466 g/mol. The van der Waals surface area contributed by atoms with Gasteiger partial charge in [0.2, 0.25) is 12.7 Å². The third-order valence-electron chi connectivity index (χ3n) is 5.73. The summed E-state index contributed by atoms with van der Waals surface area (Å²) >= 11 is 1.30. The van der Waals surface area contributed by atoms with Crippen LogP contribution < -0.4 is 20.1 Å². The normalized spacial score (nSPS) is 13.1. The number of anilines is 1. The summed E-state index contributed by atoms with van der Waals surface area (Å²) in [5.74, 6) is 1.67. The van der Waals surface area contributed by atoms with Gasteiger partial charge >= 0.3 is 0 Å². The van der Waals surface area contributed by atoms with Crippen molar-refractivity contribution in [3.05, 3.63) is 58.9 Å². The van der Waals surface area contributed by atoms with Gasteiger partial charge in [-0.3, -0.25) is 9.59 Å². The van der Waals surface area contributed by atoms with Crippen LogP contribution in [0, 0.1) is 19.8 Å². The zero-order valence-corrected chi connectivity index (χ0v) is 21.2. The second-order valence-electron chi connectivity index (χ2n) is 8.82. The lowest BCUT2D eigenvalue weighted by Gasteiger charge is -2.21. The fraction of sp³-hybridized carbons (Fsp3) is 0.360. The van der Waals surface area contributed by atoms with E-state index < -0.39 is 0 Å². The average molecular weight is 496 g/mol. The maximum atomic E-state index is 13.0. The van der Waals surface area contributed by atoms with Gasteiger partial charge in [-0.1, -0.05) is 37.7 Å². The maximum Gasteiger partial charge on any atom is 0.252 e. The smallest absolute Gasteiger partial charge is 0.252 e. The van der Waals surface area contributed by atoms with Crippen LogP contribution in [0.15, 0.2) is 41.6 Å². The predicted molar refractivity (Wildman–Crippen MR) is 134 cm³/mol. The lowest BCUT2D eigenvalue weighted by molar-refractivity contribution is -0.113. The molecule has 2 N–H and O–H groups in total. The van der Waals surface area contributed by atoms with E-state index in [9.17, 15) is 9.59 Å². The number of ether oxygens (including phenoxy) is 2. The number of thioether (sulfide) groups is 1. The molecule has 0 fully saturated rings. The van der Waals surface area contributed by atoms with Crippen molar-refractivity contribution in [1.82, 2.24) is 20.1 Å². The molecule has 1 atom stereocenters. The number of aryl methyl sites for hydroxylation is 2. The van der Waals surface area contributed by atoms with Crippen LogP contribution in [0.5, 0.6) is 11.5 Å². The van der Waals surface area contributed by atoms with Gasteiger partial charge in [0.15, 0.2) is 22.5 Å². The molecule has 9 nitrogen and oxygen atoms in total. The van der Waals surface area contributed by atoms with Crippen LogP contribution in [0.4, 0.5) is 5.69 Å². The summed E-state index contributed by atoms with van der Waals surface area (Å²) in [7, 11) is 1.84. The number of hydrogen-bond donors (Lipinski definition) is 2. The quantitative estimate of drug-likeness (QED) is 0.455. The Kier molecular flexibility index (Phi) is 7.30. The van der Waals surface area contributed by atoms with Gasteiger partial charge in [-0.15, -0.1) is 10.2 Å². The molecule has 2 amide bonds. The summed E-state index contributed by atoms with van der Waals surface area (Å²) in [5.41, 5.74) is 3.37. The van der Waals surface area contributed by atoms with Crippen LogP contribution in [0.2, 0.25) is 0 Å². The Morgan fingerprint density at radius 3 is 2.63 bits per heavy atom. The Morgan fingerprint density at radius 2 is 1.86 bits per heavy atom. The summed E-state index contributed by atoms with van der Waals surface area (Å²) in [5, 5.41) is 15.2. The third-order valence-corrected chi connectivity index (χ3v) is 6.75. The molecule has 0 bridgehead atoms. The Bertz CT molecular complexity index is 1260. The lowest BCUT2D eigenvalue weighted by atomic mass is 10.0. The third kappa shape index (κ3) is 5.59. The second-order valence-corrected chi connectivity index (χ2v) is 9.76. The Balaban J connectivity index is 1.42. The molecule has 35 heavy (non-hydrogen) atoms. The maximum absolute atomic E-state index is 13.0. The van der Waals surface area contributed by atoms with Crippen LogP contribution in [0.1, 0.15) is 47.2 Å². The van der Waals surface area contributed by atoms with Gasteiger partial charge in [-0.05, 0) is 55.2 Å². The molecule has 10 heteroatoms. The first-order chi connectivity index (χ1) is 16.7. The van der Waals surface area contributed by atoms with Gasteiger partial charge in [0.1, 0.15) is 0 Å². The van der Waals surface area contributed by atoms with Crippen LogP contribution in [0.3, 0.4) is 0 Å². The van der Waals surface area contributed by atoms with Gasteiger partial charge < -0.3 is 24.7 Å². The lowest BCUT2D eigenvalue weighted by Crippen LogP contribution is -2.33. The number of nitrogens with one attached hydrogen (secondary N) is 2. The monoisotopic (exact) mass is 495 g/mol. The van der Waals surface area contributed by atoms with Gasteiger partial charge in [0, 0.05) is 18.3 Å². The molecule has 0 unspecified atom stereocenters. The van der Waals surface area contributed by atoms with Gasteiger partial charge in [-0.25, -0.2) is 0 Å². The molecule has 0 aliphatic carbocycles. The molecule has 0 spiro atoms. The molecule has 0 radical (unpaired) electrons. The van der Waals surface area contributed by atoms with Gasteiger partial charge in [0.25, 0.3) is 5.91 Å². The zero-order chi connectivity index (χ0) is 25.1. The Labute approximate surface area is 208 Å².